The first-order valence-electron chi connectivity index (χ1n) is 7.46. The van der Waals surface area contributed by atoms with E-state index in [2.05, 4.69) is 66.7 Å². The predicted molar refractivity (Wildman–Crippen MR) is 101 cm³/mol. The van der Waals surface area contributed by atoms with Crippen LogP contribution in [0.2, 0.25) is 0 Å². The van der Waals surface area contributed by atoms with Gasteiger partial charge < -0.3 is 4.55 Å². The van der Waals surface area contributed by atoms with Crippen LogP contribution in [-0.4, -0.2) is 23.7 Å². The lowest BCUT2D eigenvalue weighted by molar-refractivity contribution is -0.0517. The number of hydrogen-bond acceptors (Lipinski definition) is 3. The van der Waals surface area contributed by atoms with E-state index in [9.17, 15) is 13.2 Å². The summed E-state index contributed by atoms with van der Waals surface area (Å²) in [6.45, 7) is 0. The van der Waals surface area contributed by atoms with Gasteiger partial charge in [0.25, 0.3) is 0 Å². The van der Waals surface area contributed by atoms with E-state index < -0.39 is 15.6 Å². The zero-order valence-electron chi connectivity index (χ0n) is 13.7. The molecule has 0 aliphatic carbocycles. The normalized spacial score (nSPS) is 12.9. The largest absolute Gasteiger partial charge is 0.741 e. The van der Waals surface area contributed by atoms with Gasteiger partial charge in [-0.2, -0.15) is 13.2 Å². The summed E-state index contributed by atoms with van der Waals surface area (Å²) >= 11 is 6.20. The molecule has 0 saturated carbocycles. The lowest BCUT2D eigenvalue weighted by Crippen LogP contribution is -2.21. The molecule has 0 radical (unpaired) electrons. The fourth-order valence-corrected chi connectivity index (χ4v) is 4.43. The molecular weight excluding hydrogens is 421 g/mol. The Hall–Kier alpha value is -1.74. The highest BCUT2D eigenvalue weighted by Crippen LogP contribution is 2.27. The Morgan fingerprint density at radius 2 is 1.37 bits per heavy atom. The van der Waals surface area contributed by atoms with Crippen molar-refractivity contribution >= 4 is 43.4 Å². The van der Waals surface area contributed by atoms with Crippen molar-refractivity contribution in [2.45, 2.75) is 15.3 Å². The summed E-state index contributed by atoms with van der Waals surface area (Å²) in [6, 6.07) is 25.6. The van der Waals surface area contributed by atoms with Crippen LogP contribution in [0.5, 0.6) is 0 Å². The first-order chi connectivity index (χ1) is 12.6. The topological polar surface area (TPSA) is 57.2 Å². The van der Waals surface area contributed by atoms with Crippen LogP contribution in [0.1, 0.15) is 0 Å². The van der Waals surface area contributed by atoms with Gasteiger partial charge in [0.1, 0.15) is 0 Å². The molecule has 0 saturated heterocycles. The molecule has 0 aliphatic heterocycles. The predicted octanol–water partition coefficient (Wildman–Crippen LogP) is 5.12. The first-order valence-corrected chi connectivity index (χ1v) is 10.8. The molecule has 144 valence electrons. The average molecular weight is 435 g/mol. The van der Waals surface area contributed by atoms with Crippen LogP contribution in [0.15, 0.2) is 82.6 Å². The van der Waals surface area contributed by atoms with Crippen LogP contribution < -0.4 is 0 Å². The van der Waals surface area contributed by atoms with Crippen molar-refractivity contribution in [3.63, 3.8) is 0 Å². The number of hydrogen-bond donors (Lipinski definition) is 0. The zero-order chi connectivity index (χ0) is 20.1. The highest BCUT2D eigenvalue weighted by atomic mass is 35.5. The van der Waals surface area contributed by atoms with E-state index in [0.717, 1.165) is 0 Å². The molecule has 3 rings (SSSR count). The first kappa shape index (κ1) is 21.6. The molecule has 1 atom stereocenters. The van der Waals surface area contributed by atoms with Gasteiger partial charge in [-0.15, -0.1) is 0 Å². The van der Waals surface area contributed by atoms with Crippen molar-refractivity contribution in [3.05, 3.63) is 72.8 Å². The van der Waals surface area contributed by atoms with Crippen LogP contribution in [0.25, 0.3) is 10.8 Å². The third-order valence-corrected chi connectivity index (χ3v) is 6.53. The molecule has 27 heavy (non-hydrogen) atoms. The van der Waals surface area contributed by atoms with Crippen molar-refractivity contribution in [1.82, 2.24) is 0 Å². The molecule has 9 heteroatoms. The summed E-state index contributed by atoms with van der Waals surface area (Å²) < 4.78 is 58.9. The second-order valence-electron chi connectivity index (χ2n) is 5.22. The Bertz CT molecular complexity index is 993. The summed E-state index contributed by atoms with van der Waals surface area (Å²) in [5, 5.41) is 3.18. The molecule has 3 aromatic rings. The molecule has 0 bridgehead atoms. The van der Waals surface area contributed by atoms with Crippen molar-refractivity contribution in [2.24, 2.45) is 0 Å². The molecule has 0 heterocycles. The van der Waals surface area contributed by atoms with Gasteiger partial charge in [0.05, 0.1) is 10.9 Å². The van der Waals surface area contributed by atoms with Crippen LogP contribution >= 0.6 is 11.6 Å². The molecular formula is C18H14ClF3O3S2. The van der Waals surface area contributed by atoms with Gasteiger partial charge in [-0.25, -0.2) is 8.42 Å². The molecule has 0 aliphatic rings. The number of halogens is 4. The Labute approximate surface area is 162 Å². The summed E-state index contributed by atoms with van der Waals surface area (Å²) in [7, 11) is -6.14. The molecule has 0 amide bonds. The lowest BCUT2D eigenvalue weighted by Gasteiger charge is -2.08. The summed E-state index contributed by atoms with van der Waals surface area (Å²) in [6.07, 6.45) is 0. The number of benzene rings is 3. The van der Waals surface area contributed by atoms with Crippen molar-refractivity contribution < 1.29 is 26.1 Å². The van der Waals surface area contributed by atoms with Gasteiger partial charge in [0.15, 0.2) is 25.1 Å². The summed E-state index contributed by atoms with van der Waals surface area (Å²) in [5.41, 5.74) is -5.65. The minimum atomic E-state index is -6.09. The van der Waals surface area contributed by atoms with Gasteiger partial charge in [-0.1, -0.05) is 54.1 Å². The van der Waals surface area contributed by atoms with Gasteiger partial charge in [0, 0.05) is 6.07 Å². The monoisotopic (exact) mass is 434 g/mol. The Kier molecular flexibility index (Phi) is 7.16. The zero-order valence-corrected chi connectivity index (χ0v) is 16.1. The third kappa shape index (κ3) is 5.87. The van der Waals surface area contributed by atoms with E-state index in [4.69, 9.17) is 24.6 Å². The molecule has 3 nitrogen and oxygen atoms in total. The van der Waals surface area contributed by atoms with E-state index in [0.29, 0.717) is 5.21 Å². The minimum absolute atomic E-state index is 0.0488. The number of fused-ring (bicyclic) bond motifs is 1. The maximum Gasteiger partial charge on any atom is 0.485 e. The van der Waals surface area contributed by atoms with Crippen LogP contribution in [0.3, 0.4) is 0 Å². The highest BCUT2D eigenvalue weighted by molar-refractivity contribution is 7.98. The van der Waals surface area contributed by atoms with Crippen LogP contribution in [0.4, 0.5) is 13.2 Å². The summed E-state index contributed by atoms with van der Waals surface area (Å²) in [4.78, 5) is 2.60. The smallest absolute Gasteiger partial charge is 0.485 e. The van der Waals surface area contributed by atoms with E-state index in [1.807, 2.05) is 6.07 Å². The van der Waals surface area contributed by atoms with Gasteiger partial charge >= 0.3 is 5.51 Å². The third-order valence-electron chi connectivity index (χ3n) is 3.43. The van der Waals surface area contributed by atoms with E-state index in [1.165, 1.54) is 20.6 Å². The number of rotatable bonds is 3. The fourth-order valence-electron chi connectivity index (χ4n) is 2.17. The summed E-state index contributed by atoms with van der Waals surface area (Å²) in [5.74, 6) is 0. The highest BCUT2D eigenvalue weighted by Gasteiger charge is 2.36. The maximum absolute atomic E-state index is 10.7. The van der Waals surface area contributed by atoms with Gasteiger partial charge in [-0.3, -0.25) is 0 Å². The van der Waals surface area contributed by atoms with Crippen molar-refractivity contribution in [3.8, 4) is 0 Å². The minimum Gasteiger partial charge on any atom is -0.741 e. The second kappa shape index (κ2) is 8.97. The SMILES string of the molecule is ClC[S+](c1ccccc1)c1ccc2ccccc2c1.O=S(=O)([O-])C(F)(F)F. The Balaban J connectivity index is 0.000000279. The van der Waals surface area contributed by atoms with E-state index >= 15 is 0 Å². The van der Waals surface area contributed by atoms with Gasteiger partial charge in [0.2, 0.25) is 0 Å². The molecule has 1 unspecified atom stereocenters. The van der Waals surface area contributed by atoms with Crippen LogP contribution in [-0.2, 0) is 21.0 Å². The lowest BCUT2D eigenvalue weighted by atomic mass is 10.1. The van der Waals surface area contributed by atoms with Crippen molar-refractivity contribution in [1.29, 1.82) is 0 Å². The van der Waals surface area contributed by atoms with Crippen LogP contribution in [0, 0.1) is 0 Å². The van der Waals surface area contributed by atoms with E-state index in [1.54, 1.807) is 0 Å². The molecule has 0 spiro atoms. The molecule has 0 N–H and O–H groups in total. The van der Waals surface area contributed by atoms with Gasteiger partial charge in [-0.05, 0) is 35.0 Å². The standard InChI is InChI=1S/C17H14ClS.CHF3O3S/c18-13-19(16-8-2-1-3-9-16)17-11-10-14-6-4-5-7-15(14)12-17;2-1(3,4)8(5,6)7/h1-12H,13H2;(H,5,6,7)/q+1;/p-1. The Morgan fingerprint density at radius 3 is 1.89 bits per heavy atom. The molecule has 3 aromatic carbocycles. The Morgan fingerprint density at radius 1 is 0.852 bits per heavy atom. The number of alkyl halides is 4. The molecule has 0 aromatic heterocycles. The fraction of sp³-hybridized carbons (Fsp3) is 0.111. The second-order valence-corrected chi connectivity index (χ2v) is 9.19. The maximum atomic E-state index is 10.7. The molecule has 0 fully saturated rings. The van der Waals surface area contributed by atoms with E-state index in [-0.39, 0.29) is 10.9 Å². The average Bonchev–Trinajstić information content (AvgIpc) is 2.62. The van der Waals surface area contributed by atoms with Crippen molar-refractivity contribution in [2.75, 3.05) is 5.21 Å². The quantitative estimate of drug-likeness (QED) is 0.249.